The zero-order valence-corrected chi connectivity index (χ0v) is 14.4. The summed E-state index contributed by atoms with van der Waals surface area (Å²) in [6, 6.07) is 7.47. The van der Waals surface area contributed by atoms with Gasteiger partial charge in [0.05, 0.1) is 23.4 Å². The summed E-state index contributed by atoms with van der Waals surface area (Å²) in [6.07, 6.45) is 4.62. The van der Waals surface area contributed by atoms with Crippen LogP contribution in [0.15, 0.2) is 34.9 Å². The molecule has 1 aromatic carbocycles. The number of ether oxygens (including phenoxy) is 1. The number of aryl methyl sites for hydroxylation is 1. The fourth-order valence-electron chi connectivity index (χ4n) is 2.85. The van der Waals surface area contributed by atoms with Crippen LogP contribution in [0.4, 0.5) is 0 Å². The number of hydrogen-bond acceptors (Lipinski definition) is 4. The number of rotatable bonds is 6. The Labute approximate surface area is 146 Å². The summed E-state index contributed by atoms with van der Waals surface area (Å²) >= 11 is 6.15. The summed E-state index contributed by atoms with van der Waals surface area (Å²) in [5, 5.41) is 3.60. The molecule has 0 spiro atoms. The summed E-state index contributed by atoms with van der Waals surface area (Å²) in [5.74, 6) is 1.13. The molecule has 2 unspecified atom stereocenters. The second kappa shape index (κ2) is 7.81. The Kier molecular flexibility index (Phi) is 5.53. The van der Waals surface area contributed by atoms with Gasteiger partial charge in [0, 0.05) is 25.0 Å². The number of halogens is 1. The van der Waals surface area contributed by atoms with Crippen LogP contribution in [-0.4, -0.2) is 29.6 Å². The summed E-state index contributed by atoms with van der Waals surface area (Å²) < 4.78 is 11.3. The molecule has 1 fully saturated rings. The van der Waals surface area contributed by atoms with Gasteiger partial charge in [-0.25, -0.2) is 4.98 Å². The molecular formula is C18H21ClN2O3. The molecular weight excluding hydrogens is 328 g/mol. The smallest absolute Gasteiger partial charge is 0.220 e. The molecule has 1 aliphatic heterocycles. The third-order valence-corrected chi connectivity index (χ3v) is 4.50. The van der Waals surface area contributed by atoms with Crippen molar-refractivity contribution in [1.82, 2.24) is 10.3 Å². The van der Waals surface area contributed by atoms with Crippen molar-refractivity contribution >= 4 is 17.5 Å². The zero-order valence-electron chi connectivity index (χ0n) is 13.6. The Bertz CT molecular complexity index is 695. The van der Waals surface area contributed by atoms with Crippen LogP contribution < -0.4 is 5.32 Å². The molecule has 0 radical (unpaired) electrons. The molecule has 5 nitrogen and oxygen atoms in total. The van der Waals surface area contributed by atoms with Crippen molar-refractivity contribution < 1.29 is 13.9 Å². The van der Waals surface area contributed by atoms with Gasteiger partial charge in [0.2, 0.25) is 5.91 Å². The Hall–Kier alpha value is -1.85. The Morgan fingerprint density at radius 1 is 1.46 bits per heavy atom. The third-order valence-electron chi connectivity index (χ3n) is 4.17. The van der Waals surface area contributed by atoms with Crippen LogP contribution in [0.5, 0.6) is 0 Å². The van der Waals surface area contributed by atoms with Crippen molar-refractivity contribution in [3.8, 4) is 11.3 Å². The molecule has 6 heteroatoms. The van der Waals surface area contributed by atoms with Crippen molar-refractivity contribution in [3.05, 3.63) is 41.4 Å². The molecule has 24 heavy (non-hydrogen) atoms. The van der Waals surface area contributed by atoms with Crippen molar-refractivity contribution in [2.24, 2.45) is 0 Å². The molecule has 0 aliphatic carbocycles. The first-order valence-corrected chi connectivity index (χ1v) is 8.62. The molecule has 128 valence electrons. The molecule has 1 N–H and O–H groups in total. The average Bonchev–Trinajstić information content (AvgIpc) is 3.25. The lowest BCUT2D eigenvalue weighted by Crippen LogP contribution is -2.40. The maximum atomic E-state index is 12.1. The van der Waals surface area contributed by atoms with Crippen molar-refractivity contribution in [3.63, 3.8) is 0 Å². The van der Waals surface area contributed by atoms with E-state index in [4.69, 9.17) is 20.8 Å². The van der Waals surface area contributed by atoms with Crippen molar-refractivity contribution in [1.29, 1.82) is 0 Å². The van der Waals surface area contributed by atoms with E-state index in [-0.39, 0.29) is 18.1 Å². The monoisotopic (exact) mass is 348 g/mol. The predicted molar refractivity (Wildman–Crippen MR) is 91.8 cm³/mol. The van der Waals surface area contributed by atoms with E-state index in [0.29, 0.717) is 29.5 Å². The van der Waals surface area contributed by atoms with Gasteiger partial charge in [-0.15, -0.1) is 0 Å². The Morgan fingerprint density at radius 2 is 2.29 bits per heavy atom. The minimum atomic E-state index is -0.0181. The fraction of sp³-hybridized carbons (Fsp3) is 0.444. The lowest BCUT2D eigenvalue weighted by molar-refractivity contribution is -0.122. The highest BCUT2D eigenvalue weighted by molar-refractivity contribution is 6.33. The van der Waals surface area contributed by atoms with Crippen LogP contribution in [0.2, 0.25) is 5.02 Å². The fourth-order valence-corrected chi connectivity index (χ4v) is 3.08. The number of carbonyl (C=O) groups is 1. The Balaban J connectivity index is 1.52. The van der Waals surface area contributed by atoms with Gasteiger partial charge < -0.3 is 14.5 Å². The summed E-state index contributed by atoms with van der Waals surface area (Å²) in [6.45, 7) is 2.76. The number of amides is 1. The highest BCUT2D eigenvalue weighted by Crippen LogP contribution is 2.28. The SMILES string of the molecule is CC(NC(=O)CCc1ncc(-c2ccccc2Cl)o1)C1CCCO1. The molecule has 1 saturated heterocycles. The van der Waals surface area contributed by atoms with E-state index in [1.165, 1.54) is 0 Å². The molecule has 2 aromatic rings. The lowest BCUT2D eigenvalue weighted by atomic mass is 10.1. The average molecular weight is 349 g/mol. The van der Waals surface area contributed by atoms with Gasteiger partial charge >= 0.3 is 0 Å². The van der Waals surface area contributed by atoms with E-state index in [1.807, 2.05) is 25.1 Å². The first kappa shape index (κ1) is 17.0. The minimum absolute atomic E-state index is 0.0181. The molecule has 0 bridgehead atoms. The second-order valence-electron chi connectivity index (χ2n) is 6.01. The number of benzene rings is 1. The topological polar surface area (TPSA) is 64.4 Å². The maximum absolute atomic E-state index is 12.1. The predicted octanol–water partition coefficient (Wildman–Crippen LogP) is 3.61. The minimum Gasteiger partial charge on any atom is -0.441 e. The lowest BCUT2D eigenvalue weighted by Gasteiger charge is -2.19. The first-order chi connectivity index (χ1) is 11.6. The van der Waals surface area contributed by atoms with E-state index >= 15 is 0 Å². The van der Waals surface area contributed by atoms with Gasteiger partial charge in [-0.2, -0.15) is 0 Å². The van der Waals surface area contributed by atoms with E-state index in [9.17, 15) is 4.79 Å². The van der Waals surface area contributed by atoms with Crippen LogP contribution >= 0.6 is 11.6 Å². The number of aromatic nitrogens is 1. The molecule has 0 saturated carbocycles. The standard InChI is InChI=1S/C18H21ClN2O3/c1-12(15-7-4-10-23-15)21-17(22)8-9-18-20-11-16(24-18)13-5-2-3-6-14(13)19/h2-3,5-6,11-12,15H,4,7-10H2,1H3,(H,21,22). The van der Waals surface area contributed by atoms with Crippen LogP contribution in [0, 0.1) is 0 Å². The summed E-state index contributed by atoms with van der Waals surface area (Å²) in [7, 11) is 0. The highest BCUT2D eigenvalue weighted by atomic mass is 35.5. The number of carbonyl (C=O) groups excluding carboxylic acids is 1. The number of hydrogen-bond donors (Lipinski definition) is 1. The van der Waals surface area contributed by atoms with E-state index in [2.05, 4.69) is 10.3 Å². The van der Waals surface area contributed by atoms with Gasteiger partial charge in [0.25, 0.3) is 0 Å². The van der Waals surface area contributed by atoms with Crippen LogP contribution in [0.1, 0.15) is 32.1 Å². The largest absolute Gasteiger partial charge is 0.441 e. The van der Waals surface area contributed by atoms with Crippen molar-refractivity contribution in [2.45, 2.75) is 44.8 Å². The second-order valence-corrected chi connectivity index (χ2v) is 6.41. The van der Waals surface area contributed by atoms with E-state index in [0.717, 1.165) is 25.0 Å². The third kappa shape index (κ3) is 4.16. The van der Waals surface area contributed by atoms with Gasteiger partial charge in [-0.05, 0) is 31.9 Å². The van der Waals surface area contributed by atoms with Gasteiger partial charge in [-0.3, -0.25) is 4.79 Å². The summed E-state index contributed by atoms with van der Waals surface area (Å²) in [5.41, 5.74) is 0.800. The molecule has 1 aliphatic rings. The van der Waals surface area contributed by atoms with Crippen molar-refractivity contribution in [2.75, 3.05) is 6.61 Å². The van der Waals surface area contributed by atoms with E-state index < -0.39 is 0 Å². The molecule has 2 heterocycles. The molecule has 1 aromatic heterocycles. The highest BCUT2D eigenvalue weighted by Gasteiger charge is 2.23. The zero-order chi connectivity index (χ0) is 16.9. The maximum Gasteiger partial charge on any atom is 0.220 e. The van der Waals surface area contributed by atoms with Crippen LogP contribution in [-0.2, 0) is 16.0 Å². The number of oxazole rings is 1. The van der Waals surface area contributed by atoms with Gasteiger partial charge in [0.1, 0.15) is 0 Å². The molecule has 2 atom stereocenters. The van der Waals surface area contributed by atoms with Gasteiger partial charge in [-0.1, -0.05) is 23.7 Å². The normalized spacial score (nSPS) is 18.5. The van der Waals surface area contributed by atoms with E-state index in [1.54, 1.807) is 12.3 Å². The van der Waals surface area contributed by atoms with Crippen LogP contribution in [0.25, 0.3) is 11.3 Å². The summed E-state index contributed by atoms with van der Waals surface area (Å²) in [4.78, 5) is 16.3. The molecule has 1 amide bonds. The first-order valence-electron chi connectivity index (χ1n) is 8.24. The van der Waals surface area contributed by atoms with Gasteiger partial charge in [0.15, 0.2) is 11.7 Å². The number of nitrogens with zero attached hydrogens (tertiary/aromatic N) is 1. The molecule has 3 rings (SSSR count). The quantitative estimate of drug-likeness (QED) is 0.866. The Morgan fingerprint density at radius 3 is 3.04 bits per heavy atom. The number of nitrogens with one attached hydrogen (secondary N) is 1. The van der Waals surface area contributed by atoms with Crippen LogP contribution in [0.3, 0.4) is 0 Å².